The average Bonchev–Trinajstić information content (AvgIpc) is 2.49. The number of hydrogen-bond acceptors (Lipinski definition) is 7. The van der Waals surface area contributed by atoms with Crippen LogP contribution < -0.4 is 0 Å². The first-order chi connectivity index (χ1) is 10.5. The summed E-state index contributed by atoms with van der Waals surface area (Å²) in [6.07, 6.45) is 0.655. The summed E-state index contributed by atoms with van der Waals surface area (Å²) in [5.74, 6) is -0.940. The van der Waals surface area contributed by atoms with Crippen molar-refractivity contribution in [3.63, 3.8) is 0 Å². The summed E-state index contributed by atoms with van der Waals surface area (Å²) < 4.78 is 4.84. The van der Waals surface area contributed by atoms with Gasteiger partial charge in [-0.15, -0.1) is 4.91 Å². The van der Waals surface area contributed by atoms with E-state index in [4.69, 9.17) is 4.74 Å². The van der Waals surface area contributed by atoms with Crippen molar-refractivity contribution < 1.29 is 19.7 Å². The third kappa shape index (κ3) is 3.19. The van der Waals surface area contributed by atoms with Crippen molar-refractivity contribution in [3.05, 3.63) is 28.2 Å². The lowest BCUT2D eigenvalue weighted by atomic mass is 9.92. The maximum absolute atomic E-state index is 11.7. The highest BCUT2D eigenvalue weighted by Crippen LogP contribution is 2.36. The monoisotopic (exact) mass is 308 g/mol. The normalized spacial score (nSPS) is 19.3. The number of nitrogens with zero attached hydrogens (tertiary/aromatic N) is 2. The maximum atomic E-state index is 11.7. The van der Waals surface area contributed by atoms with E-state index in [1.54, 1.807) is 13.0 Å². The maximum Gasteiger partial charge on any atom is 0.335 e. The van der Waals surface area contributed by atoms with E-state index in [9.17, 15) is 19.9 Å². The van der Waals surface area contributed by atoms with Gasteiger partial charge in [0, 0.05) is 19.1 Å². The topological polar surface area (TPSA) is 99.4 Å². The summed E-state index contributed by atoms with van der Waals surface area (Å²) in [5.41, 5.74) is 1.82. The van der Waals surface area contributed by atoms with Crippen molar-refractivity contribution >= 4 is 5.97 Å². The molecule has 2 unspecified atom stereocenters. The summed E-state index contributed by atoms with van der Waals surface area (Å²) >= 11 is 0. The Kier molecular flexibility index (Phi) is 4.97. The first-order valence-electron chi connectivity index (χ1n) is 7.25. The second kappa shape index (κ2) is 6.74. The molecule has 1 aliphatic rings. The lowest BCUT2D eigenvalue weighted by Crippen LogP contribution is -2.41. The molecule has 22 heavy (non-hydrogen) atoms. The molecular weight excluding hydrogens is 288 g/mol. The van der Waals surface area contributed by atoms with Gasteiger partial charge in [-0.05, 0) is 43.5 Å². The fourth-order valence-electron chi connectivity index (χ4n) is 2.76. The molecule has 0 saturated carbocycles. The van der Waals surface area contributed by atoms with E-state index >= 15 is 0 Å². The Bertz CT molecular complexity index is 575. The number of carbonyl (C=O) groups is 1. The van der Waals surface area contributed by atoms with Crippen LogP contribution in [0.15, 0.2) is 17.3 Å². The van der Waals surface area contributed by atoms with Crippen molar-refractivity contribution in [1.82, 2.24) is 4.90 Å². The fourth-order valence-corrected chi connectivity index (χ4v) is 2.76. The summed E-state index contributed by atoms with van der Waals surface area (Å²) in [6.45, 7) is 4.60. The summed E-state index contributed by atoms with van der Waals surface area (Å²) in [6, 6.07) is 1.91. The number of nitroso groups, excluding NO2 is 1. The molecule has 0 amide bonds. The van der Waals surface area contributed by atoms with Gasteiger partial charge in [-0.3, -0.25) is 4.90 Å². The zero-order valence-corrected chi connectivity index (χ0v) is 12.7. The number of phenolic OH excluding ortho intramolecular Hbond substituents is 2. The molecule has 2 atom stereocenters. The summed E-state index contributed by atoms with van der Waals surface area (Å²) in [4.78, 5) is 24.5. The molecule has 1 aliphatic heterocycles. The van der Waals surface area contributed by atoms with Crippen LogP contribution in [-0.4, -0.2) is 46.8 Å². The molecule has 7 nitrogen and oxygen atoms in total. The van der Waals surface area contributed by atoms with Crippen LogP contribution in [0.25, 0.3) is 0 Å². The van der Waals surface area contributed by atoms with Crippen LogP contribution >= 0.6 is 0 Å². The number of hydrogen-bond donors (Lipinski definition) is 2. The molecular formula is C15H20N2O5. The van der Waals surface area contributed by atoms with Gasteiger partial charge in [0.25, 0.3) is 0 Å². The van der Waals surface area contributed by atoms with Gasteiger partial charge in [-0.1, -0.05) is 5.18 Å². The molecule has 0 aliphatic carbocycles. The minimum atomic E-state index is -1.06. The van der Waals surface area contributed by atoms with Gasteiger partial charge in [-0.25, -0.2) is 4.79 Å². The highest BCUT2D eigenvalue weighted by atomic mass is 16.5. The lowest BCUT2D eigenvalue weighted by Gasteiger charge is -2.35. The fraction of sp³-hybridized carbons (Fsp3) is 0.533. The van der Waals surface area contributed by atoms with Gasteiger partial charge in [0.05, 0.1) is 6.61 Å². The van der Waals surface area contributed by atoms with Crippen molar-refractivity contribution in [2.45, 2.75) is 32.4 Å². The molecule has 0 fully saturated rings. The van der Waals surface area contributed by atoms with Crippen molar-refractivity contribution in [3.8, 4) is 11.5 Å². The number of aromatic hydroxyl groups is 2. The van der Waals surface area contributed by atoms with E-state index in [0.29, 0.717) is 13.0 Å². The van der Waals surface area contributed by atoms with Crippen LogP contribution in [0.3, 0.4) is 0 Å². The van der Waals surface area contributed by atoms with Crippen LogP contribution in [0.2, 0.25) is 0 Å². The van der Waals surface area contributed by atoms with Gasteiger partial charge in [0.2, 0.25) is 6.04 Å². The second-order valence-corrected chi connectivity index (χ2v) is 5.33. The number of ether oxygens (including phenoxy) is 1. The van der Waals surface area contributed by atoms with E-state index < -0.39 is 12.0 Å². The molecule has 2 rings (SSSR count). The third-order valence-electron chi connectivity index (χ3n) is 4.00. The molecule has 1 heterocycles. The van der Waals surface area contributed by atoms with Crippen LogP contribution in [0.1, 0.15) is 31.0 Å². The van der Waals surface area contributed by atoms with Crippen molar-refractivity contribution in [2.75, 3.05) is 19.7 Å². The number of rotatable bonds is 5. The van der Waals surface area contributed by atoms with Crippen LogP contribution in [0.4, 0.5) is 0 Å². The first kappa shape index (κ1) is 16.2. The lowest BCUT2D eigenvalue weighted by molar-refractivity contribution is -0.145. The van der Waals surface area contributed by atoms with Gasteiger partial charge >= 0.3 is 5.97 Å². The van der Waals surface area contributed by atoms with Crippen LogP contribution in [0.5, 0.6) is 11.5 Å². The Morgan fingerprint density at radius 3 is 2.77 bits per heavy atom. The molecule has 0 aromatic heterocycles. The minimum absolute atomic E-state index is 0.103. The highest BCUT2D eigenvalue weighted by molar-refractivity contribution is 5.76. The van der Waals surface area contributed by atoms with Crippen molar-refractivity contribution in [2.24, 2.45) is 5.18 Å². The smallest absolute Gasteiger partial charge is 0.335 e. The minimum Gasteiger partial charge on any atom is -0.504 e. The molecule has 0 spiro atoms. The Morgan fingerprint density at radius 2 is 2.14 bits per heavy atom. The van der Waals surface area contributed by atoms with E-state index in [0.717, 1.165) is 11.1 Å². The predicted octanol–water partition coefficient (Wildman–Crippen LogP) is 1.71. The van der Waals surface area contributed by atoms with Gasteiger partial charge in [0.15, 0.2) is 11.5 Å². The number of fused-ring (bicyclic) bond motifs is 1. The predicted molar refractivity (Wildman–Crippen MR) is 79.7 cm³/mol. The van der Waals surface area contributed by atoms with E-state index in [1.807, 2.05) is 11.8 Å². The van der Waals surface area contributed by atoms with Crippen molar-refractivity contribution in [1.29, 1.82) is 0 Å². The number of esters is 1. The third-order valence-corrected chi connectivity index (χ3v) is 4.00. The van der Waals surface area contributed by atoms with E-state index in [-0.39, 0.29) is 30.7 Å². The first-order valence-corrected chi connectivity index (χ1v) is 7.25. The Balaban J connectivity index is 2.16. The highest BCUT2D eigenvalue weighted by Gasteiger charge is 2.30. The molecule has 1 aromatic rings. The molecule has 0 bridgehead atoms. The summed E-state index contributed by atoms with van der Waals surface area (Å²) in [7, 11) is 0. The Morgan fingerprint density at radius 1 is 1.45 bits per heavy atom. The molecule has 120 valence electrons. The standard InChI is InChI=1S/C15H20N2O5/c1-3-22-15(20)12(16-21)8-17-5-4-10-6-13(18)14(19)7-11(10)9(17)2/h6-7,9,12,18-19H,3-5,8H2,1-2H3. The van der Waals surface area contributed by atoms with Gasteiger partial charge in [0.1, 0.15) is 0 Å². The number of carbonyl (C=O) groups excluding carboxylic acids is 1. The molecule has 7 heteroatoms. The molecule has 2 N–H and O–H groups in total. The Hall–Kier alpha value is -2.15. The van der Waals surface area contributed by atoms with Crippen LogP contribution in [-0.2, 0) is 16.0 Å². The molecule has 1 aromatic carbocycles. The van der Waals surface area contributed by atoms with Crippen LogP contribution in [0, 0.1) is 4.91 Å². The quantitative estimate of drug-likeness (QED) is 0.488. The van der Waals surface area contributed by atoms with Gasteiger partial charge in [-0.2, -0.15) is 0 Å². The number of benzene rings is 1. The zero-order valence-electron chi connectivity index (χ0n) is 12.7. The number of phenols is 2. The second-order valence-electron chi connectivity index (χ2n) is 5.33. The SMILES string of the molecule is CCOC(=O)C(CN1CCc2cc(O)c(O)cc2C1C)N=O. The summed E-state index contributed by atoms with van der Waals surface area (Å²) in [5, 5.41) is 22.1. The largest absolute Gasteiger partial charge is 0.504 e. The zero-order chi connectivity index (χ0) is 16.3. The van der Waals surface area contributed by atoms with E-state index in [2.05, 4.69) is 5.18 Å². The van der Waals surface area contributed by atoms with E-state index in [1.165, 1.54) is 6.07 Å². The average molecular weight is 308 g/mol. The molecule has 0 saturated heterocycles. The van der Waals surface area contributed by atoms with Gasteiger partial charge < -0.3 is 14.9 Å². The Labute approximate surface area is 128 Å². The molecule has 0 radical (unpaired) electrons.